The van der Waals surface area contributed by atoms with E-state index in [0.29, 0.717) is 23.7 Å². The molecule has 0 aliphatic carbocycles. The maximum atomic E-state index is 13.1. The van der Waals surface area contributed by atoms with E-state index in [1.54, 1.807) is 35.5 Å². The van der Waals surface area contributed by atoms with Crippen LogP contribution >= 0.6 is 0 Å². The van der Waals surface area contributed by atoms with E-state index in [1.807, 2.05) is 49.4 Å². The molecule has 134 valence electrons. The van der Waals surface area contributed by atoms with Crippen LogP contribution in [0.25, 0.3) is 6.08 Å². The maximum absolute atomic E-state index is 13.1. The van der Waals surface area contributed by atoms with Gasteiger partial charge in [-0.1, -0.05) is 29.8 Å². The van der Waals surface area contributed by atoms with E-state index in [4.69, 9.17) is 10.5 Å². The van der Waals surface area contributed by atoms with Gasteiger partial charge in [0.25, 0.3) is 5.91 Å². The van der Waals surface area contributed by atoms with Gasteiger partial charge in [0.1, 0.15) is 0 Å². The number of nitrogen functional groups attached to an aromatic ring is 1. The minimum atomic E-state index is -0.190. The highest BCUT2D eigenvalue weighted by Crippen LogP contribution is 2.38. The third-order valence-corrected chi connectivity index (χ3v) is 4.42. The van der Waals surface area contributed by atoms with Gasteiger partial charge in [-0.2, -0.15) is 0 Å². The molecule has 4 rings (SSSR count). The van der Waals surface area contributed by atoms with Crippen LogP contribution < -0.4 is 15.4 Å². The molecule has 0 unspecified atom stereocenters. The smallest absolute Gasteiger partial charge is 0.294 e. The molecule has 5 heteroatoms. The second kappa shape index (κ2) is 6.96. The molecule has 1 aliphatic rings. The second-order valence-corrected chi connectivity index (χ2v) is 6.50. The van der Waals surface area contributed by atoms with Crippen molar-refractivity contribution < 1.29 is 9.53 Å². The van der Waals surface area contributed by atoms with E-state index < -0.39 is 0 Å². The number of carbonyl (C=O) groups excluding carboxylic acids is 1. The Bertz CT molecular complexity index is 1010. The molecular weight excluding hydrogens is 338 g/mol. The highest BCUT2D eigenvalue weighted by Gasteiger charge is 2.30. The standard InChI is InChI=1S/C22H19N3O2/c1-15-2-4-17(5-3-15)14-25-19-7-6-18(23)13-20(19)27-21(22(25)26)12-16-8-10-24-11-9-16/h2-13H,14,23H2,1H3/b21-12+. The predicted molar refractivity (Wildman–Crippen MR) is 106 cm³/mol. The van der Waals surface area contributed by atoms with Crippen LogP contribution in [0.3, 0.4) is 0 Å². The monoisotopic (exact) mass is 357 g/mol. The van der Waals surface area contributed by atoms with Crippen LogP contribution in [-0.2, 0) is 11.3 Å². The summed E-state index contributed by atoms with van der Waals surface area (Å²) in [6, 6.07) is 17.1. The summed E-state index contributed by atoms with van der Waals surface area (Å²) >= 11 is 0. The van der Waals surface area contributed by atoms with Gasteiger partial charge < -0.3 is 10.5 Å². The van der Waals surface area contributed by atoms with Crippen molar-refractivity contribution in [3.8, 4) is 5.75 Å². The zero-order valence-corrected chi connectivity index (χ0v) is 14.9. The Hall–Kier alpha value is -3.60. The van der Waals surface area contributed by atoms with Gasteiger partial charge in [-0.15, -0.1) is 0 Å². The number of nitrogens with zero attached hydrogens (tertiary/aromatic N) is 2. The Balaban J connectivity index is 1.75. The highest BCUT2D eigenvalue weighted by atomic mass is 16.5. The van der Waals surface area contributed by atoms with Crippen molar-refractivity contribution in [1.82, 2.24) is 4.98 Å². The lowest BCUT2D eigenvalue weighted by molar-refractivity contribution is -0.117. The summed E-state index contributed by atoms with van der Waals surface area (Å²) in [6.45, 7) is 2.49. The quantitative estimate of drug-likeness (QED) is 0.569. The molecule has 2 heterocycles. The lowest BCUT2D eigenvalue weighted by atomic mass is 10.1. The fourth-order valence-electron chi connectivity index (χ4n) is 2.98. The van der Waals surface area contributed by atoms with Gasteiger partial charge in [0.05, 0.1) is 12.2 Å². The van der Waals surface area contributed by atoms with Crippen molar-refractivity contribution in [1.29, 1.82) is 0 Å². The van der Waals surface area contributed by atoms with Crippen molar-refractivity contribution in [2.24, 2.45) is 0 Å². The number of amides is 1. The van der Waals surface area contributed by atoms with Gasteiger partial charge in [-0.05, 0) is 48.4 Å². The van der Waals surface area contributed by atoms with E-state index >= 15 is 0 Å². The van der Waals surface area contributed by atoms with E-state index in [0.717, 1.165) is 11.1 Å². The molecular formula is C22H19N3O2. The second-order valence-electron chi connectivity index (χ2n) is 6.50. The summed E-state index contributed by atoms with van der Waals surface area (Å²) in [5, 5.41) is 0. The number of aromatic nitrogens is 1. The number of carbonyl (C=O) groups is 1. The van der Waals surface area contributed by atoms with Crippen molar-refractivity contribution in [2.45, 2.75) is 13.5 Å². The number of fused-ring (bicyclic) bond motifs is 1. The molecule has 0 saturated carbocycles. The maximum Gasteiger partial charge on any atom is 0.294 e. The Kier molecular flexibility index (Phi) is 4.34. The van der Waals surface area contributed by atoms with E-state index in [-0.39, 0.29) is 11.7 Å². The summed E-state index contributed by atoms with van der Waals surface area (Å²) in [7, 11) is 0. The van der Waals surface area contributed by atoms with Crippen LogP contribution in [0, 0.1) is 6.92 Å². The third-order valence-electron chi connectivity index (χ3n) is 4.42. The number of hydrogen-bond acceptors (Lipinski definition) is 4. The van der Waals surface area contributed by atoms with Crippen LogP contribution in [0.1, 0.15) is 16.7 Å². The molecule has 1 aromatic heterocycles. The SMILES string of the molecule is Cc1ccc(CN2C(=O)/C(=C\c3ccncc3)Oc3cc(N)ccc32)cc1. The lowest BCUT2D eigenvalue weighted by Crippen LogP contribution is -2.36. The Labute approximate surface area is 157 Å². The number of nitrogens with two attached hydrogens (primary N) is 1. The summed E-state index contributed by atoms with van der Waals surface area (Å²) in [6.07, 6.45) is 5.07. The van der Waals surface area contributed by atoms with Gasteiger partial charge in [0.15, 0.2) is 11.5 Å². The zero-order chi connectivity index (χ0) is 18.8. The van der Waals surface area contributed by atoms with Crippen molar-refractivity contribution in [2.75, 3.05) is 10.6 Å². The molecule has 3 aromatic rings. The van der Waals surface area contributed by atoms with Gasteiger partial charge >= 0.3 is 0 Å². The number of ether oxygens (including phenoxy) is 1. The first-order chi connectivity index (χ1) is 13.1. The van der Waals surface area contributed by atoms with E-state index in [2.05, 4.69) is 4.98 Å². The lowest BCUT2D eigenvalue weighted by Gasteiger charge is -2.31. The Morgan fingerprint density at radius 3 is 2.56 bits per heavy atom. The molecule has 27 heavy (non-hydrogen) atoms. The van der Waals surface area contributed by atoms with Crippen molar-refractivity contribution in [3.05, 3.63) is 89.4 Å². The molecule has 5 nitrogen and oxygen atoms in total. The number of anilines is 2. The molecule has 2 N–H and O–H groups in total. The van der Waals surface area contributed by atoms with Gasteiger partial charge in [-0.25, -0.2) is 0 Å². The summed E-state index contributed by atoms with van der Waals surface area (Å²) in [4.78, 5) is 18.9. The highest BCUT2D eigenvalue weighted by molar-refractivity contribution is 6.09. The van der Waals surface area contributed by atoms with Crippen LogP contribution in [0.5, 0.6) is 5.75 Å². The van der Waals surface area contributed by atoms with E-state index in [9.17, 15) is 4.79 Å². The molecule has 0 fully saturated rings. The number of rotatable bonds is 3. The minimum absolute atomic E-state index is 0.190. The fourth-order valence-corrected chi connectivity index (χ4v) is 2.98. The van der Waals surface area contributed by atoms with Gasteiger partial charge in [0, 0.05) is 24.1 Å². The number of aryl methyl sites for hydroxylation is 1. The van der Waals surface area contributed by atoms with Crippen LogP contribution in [0.2, 0.25) is 0 Å². The van der Waals surface area contributed by atoms with Crippen molar-refractivity contribution >= 4 is 23.4 Å². The summed E-state index contributed by atoms with van der Waals surface area (Å²) in [5.74, 6) is 0.637. The number of benzene rings is 2. The largest absolute Gasteiger partial charge is 0.449 e. The molecule has 0 bridgehead atoms. The molecule has 0 radical (unpaired) electrons. The van der Waals surface area contributed by atoms with Crippen molar-refractivity contribution in [3.63, 3.8) is 0 Å². The molecule has 1 aliphatic heterocycles. The first-order valence-electron chi connectivity index (χ1n) is 8.67. The molecule has 2 aromatic carbocycles. The average Bonchev–Trinajstić information content (AvgIpc) is 2.67. The van der Waals surface area contributed by atoms with Crippen LogP contribution in [-0.4, -0.2) is 10.9 Å². The Morgan fingerprint density at radius 2 is 1.81 bits per heavy atom. The topological polar surface area (TPSA) is 68.5 Å². The number of hydrogen-bond donors (Lipinski definition) is 1. The zero-order valence-electron chi connectivity index (χ0n) is 14.9. The Morgan fingerprint density at radius 1 is 1.07 bits per heavy atom. The normalized spacial score (nSPS) is 14.8. The summed E-state index contributed by atoms with van der Waals surface area (Å²) < 4.78 is 5.89. The first kappa shape index (κ1) is 16.8. The summed E-state index contributed by atoms with van der Waals surface area (Å²) in [5.41, 5.74) is 10.3. The fraction of sp³-hybridized carbons (Fsp3) is 0.0909. The van der Waals surface area contributed by atoms with Crippen LogP contribution in [0.4, 0.5) is 11.4 Å². The average molecular weight is 357 g/mol. The third kappa shape index (κ3) is 3.53. The minimum Gasteiger partial charge on any atom is -0.449 e. The molecule has 0 spiro atoms. The van der Waals surface area contributed by atoms with Gasteiger partial charge in [-0.3, -0.25) is 14.7 Å². The number of pyridine rings is 1. The first-order valence-corrected chi connectivity index (χ1v) is 8.67. The predicted octanol–water partition coefficient (Wildman–Crippen LogP) is 3.94. The van der Waals surface area contributed by atoms with E-state index in [1.165, 1.54) is 5.56 Å². The molecule has 0 atom stereocenters. The van der Waals surface area contributed by atoms with Gasteiger partial charge in [0.2, 0.25) is 0 Å². The van der Waals surface area contributed by atoms with Crippen LogP contribution in [0.15, 0.2) is 72.8 Å². The molecule has 0 saturated heterocycles. The molecule has 1 amide bonds.